The van der Waals surface area contributed by atoms with Crippen molar-refractivity contribution in [1.82, 2.24) is 13.9 Å². The number of halogens is 3. The summed E-state index contributed by atoms with van der Waals surface area (Å²) in [6, 6.07) is 20.0. The molecule has 3 N–H and O–H groups in total. The van der Waals surface area contributed by atoms with Gasteiger partial charge in [-0.05, 0) is 55.5 Å². The molecular formula is C29H24F3N7O3S. The Morgan fingerprint density at radius 1 is 1.00 bits per heavy atom. The first kappa shape index (κ1) is 29.3. The molecule has 1 amide bonds. The third kappa shape index (κ3) is 5.90. The average molecular weight is 608 g/mol. The van der Waals surface area contributed by atoms with E-state index in [2.05, 4.69) is 20.9 Å². The first-order valence-corrected chi connectivity index (χ1v) is 13.2. The summed E-state index contributed by atoms with van der Waals surface area (Å²) in [6.07, 6.45) is -4.57. The van der Waals surface area contributed by atoms with Gasteiger partial charge in [0.05, 0.1) is 22.5 Å². The van der Waals surface area contributed by atoms with Gasteiger partial charge in [0.25, 0.3) is 5.56 Å². The van der Waals surface area contributed by atoms with E-state index in [4.69, 9.17) is 12.2 Å². The Bertz CT molecular complexity index is 1940. The van der Waals surface area contributed by atoms with E-state index >= 15 is 0 Å². The quantitative estimate of drug-likeness (QED) is 0.155. The van der Waals surface area contributed by atoms with E-state index in [0.717, 1.165) is 12.1 Å². The third-order valence-electron chi connectivity index (χ3n) is 6.72. The molecule has 3 aromatic carbocycles. The van der Waals surface area contributed by atoms with Crippen molar-refractivity contribution in [2.24, 2.45) is 17.3 Å². The van der Waals surface area contributed by atoms with E-state index in [1.807, 2.05) is 18.2 Å². The lowest BCUT2D eigenvalue weighted by molar-refractivity contribution is -0.137. The van der Waals surface area contributed by atoms with Crippen molar-refractivity contribution >= 4 is 51.2 Å². The van der Waals surface area contributed by atoms with Gasteiger partial charge in [-0.25, -0.2) is 4.68 Å². The minimum atomic E-state index is -4.57. The van der Waals surface area contributed by atoms with Crippen LogP contribution in [0.15, 0.2) is 93.9 Å². The number of hydrogen-bond acceptors (Lipinski definition) is 5. The van der Waals surface area contributed by atoms with Crippen LogP contribution in [0, 0.1) is 6.92 Å². The molecule has 0 aliphatic carbocycles. The number of amides is 1. The molecule has 2 heterocycles. The predicted octanol–water partition coefficient (Wildman–Crippen LogP) is 6.28. The smallest absolute Gasteiger partial charge is 0.416 e. The van der Waals surface area contributed by atoms with Crippen molar-refractivity contribution in [3.63, 3.8) is 0 Å². The summed E-state index contributed by atoms with van der Waals surface area (Å²) in [5.74, 6) is -1.08. The van der Waals surface area contributed by atoms with Crippen molar-refractivity contribution in [1.29, 1.82) is 0 Å². The summed E-state index contributed by atoms with van der Waals surface area (Å²) in [6.45, 7) is 1.32. The molecule has 14 heteroatoms. The third-order valence-corrected chi connectivity index (χ3v) is 6.90. The van der Waals surface area contributed by atoms with Crippen LogP contribution < -0.4 is 16.2 Å². The number of fused-ring (bicyclic) bond motifs is 1. The zero-order valence-electron chi connectivity index (χ0n) is 22.8. The lowest BCUT2D eigenvalue weighted by Crippen LogP contribution is -2.21. The van der Waals surface area contributed by atoms with E-state index in [9.17, 15) is 27.9 Å². The highest BCUT2D eigenvalue weighted by atomic mass is 32.1. The van der Waals surface area contributed by atoms with Gasteiger partial charge in [0, 0.05) is 18.1 Å². The first-order chi connectivity index (χ1) is 20.5. The van der Waals surface area contributed by atoms with Gasteiger partial charge in [-0.3, -0.25) is 14.3 Å². The first-order valence-electron chi connectivity index (χ1n) is 12.8. The molecule has 43 heavy (non-hydrogen) atoms. The number of nitrogens with one attached hydrogen (secondary N) is 2. The molecule has 0 fully saturated rings. The highest BCUT2D eigenvalue weighted by Gasteiger charge is 2.30. The van der Waals surface area contributed by atoms with Crippen LogP contribution in [0.2, 0.25) is 0 Å². The number of benzene rings is 3. The number of hydrogen-bond donors (Lipinski definition) is 3. The molecule has 0 bridgehead atoms. The summed E-state index contributed by atoms with van der Waals surface area (Å²) >= 11 is 5.31. The molecule has 0 spiro atoms. The number of anilines is 2. The van der Waals surface area contributed by atoms with Crippen LogP contribution in [0.25, 0.3) is 16.6 Å². The second kappa shape index (κ2) is 11.6. The number of rotatable bonds is 6. The minimum Gasteiger partial charge on any atom is -0.493 e. The largest absolute Gasteiger partial charge is 0.493 e. The fourth-order valence-corrected chi connectivity index (χ4v) is 4.73. The van der Waals surface area contributed by atoms with Crippen LogP contribution in [0.5, 0.6) is 5.88 Å². The molecule has 10 nitrogen and oxygen atoms in total. The Morgan fingerprint density at radius 3 is 2.42 bits per heavy atom. The molecule has 0 aliphatic rings. The van der Waals surface area contributed by atoms with E-state index in [-0.39, 0.29) is 27.7 Å². The lowest BCUT2D eigenvalue weighted by atomic mass is 10.2. The van der Waals surface area contributed by atoms with Crippen LogP contribution in [0.1, 0.15) is 11.3 Å². The highest BCUT2D eigenvalue weighted by molar-refractivity contribution is 7.80. The maximum absolute atomic E-state index is 13.2. The molecule has 0 atom stereocenters. The lowest BCUT2D eigenvalue weighted by Gasteiger charge is -2.11. The number of aromatic hydroxyl groups is 1. The number of azo groups is 1. The average Bonchev–Trinajstić information content (AvgIpc) is 3.36. The van der Waals surface area contributed by atoms with E-state index in [0.29, 0.717) is 22.3 Å². The van der Waals surface area contributed by atoms with Crippen molar-refractivity contribution in [3.8, 4) is 11.6 Å². The second-order valence-electron chi connectivity index (χ2n) is 9.47. The Hall–Kier alpha value is -5.24. The second-order valence-corrected chi connectivity index (χ2v) is 9.86. The zero-order chi connectivity index (χ0) is 30.9. The van der Waals surface area contributed by atoms with E-state index in [1.54, 1.807) is 55.1 Å². The molecule has 0 saturated heterocycles. The summed E-state index contributed by atoms with van der Waals surface area (Å²) in [5.41, 5.74) is 0.593. The van der Waals surface area contributed by atoms with Crippen molar-refractivity contribution < 1.29 is 23.1 Å². The molecule has 0 saturated carbocycles. The van der Waals surface area contributed by atoms with Crippen LogP contribution in [-0.2, 0) is 24.6 Å². The predicted molar refractivity (Wildman–Crippen MR) is 160 cm³/mol. The number of aromatic nitrogens is 3. The van der Waals surface area contributed by atoms with Gasteiger partial charge >= 0.3 is 6.18 Å². The number of para-hydroxylation sites is 2. The number of carbonyl (C=O) groups is 1. The molecule has 0 radical (unpaired) electrons. The number of nitrogens with zero attached hydrogens (tertiary/aromatic N) is 5. The summed E-state index contributed by atoms with van der Waals surface area (Å²) < 4.78 is 43.6. The molecule has 0 unspecified atom stereocenters. The molecular weight excluding hydrogens is 583 g/mol. The van der Waals surface area contributed by atoms with Gasteiger partial charge in [0.2, 0.25) is 16.9 Å². The Morgan fingerprint density at radius 2 is 1.70 bits per heavy atom. The van der Waals surface area contributed by atoms with Crippen molar-refractivity contribution in [2.75, 3.05) is 10.6 Å². The van der Waals surface area contributed by atoms with Gasteiger partial charge in [-0.1, -0.05) is 42.5 Å². The van der Waals surface area contributed by atoms with E-state index < -0.39 is 30.1 Å². The minimum absolute atomic E-state index is 0.0121. The van der Waals surface area contributed by atoms with Gasteiger partial charge in [-0.2, -0.15) is 13.2 Å². The fourth-order valence-electron chi connectivity index (χ4n) is 4.59. The van der Waals surface area contributed by atoms with Crippen molar-refractivity contribution in [3.05, 3.63) is 100 Å². The Labute approximate surface area is 247 Å². The number of carbonyl (C=O) groups excluding carboxylic acids is 1. The van der Waals surface area contributed by atoms with Crippen LogP contribution in [0.4, 0.5) is 30.2 Å². The maximum Gasteiger partial charge on any atom is 0.416 e. The Kier molecular flexibility index (Phi) is 7.87. The topological polar surface area (TPSA) is 118 Å². The number of alkyl halides is 3. The van der Waals surface area contributed by atoms with Crippen LogP contribution in [-0.4, -0.2) is 30.1 Å². The standard InChI is InChI=1S/C29H24F3N7O3S/c1-17-24(27(42)39(37(17)2)20-11-4-3-5-12-20)34-28(43)36-35-25-21-13-6-7-14-22(21)38(26(25)41)16-23(40)33-19-10-8-9-18(15-19)29(30,31)32/h3-15,41H,16H2,1-2H3,(H,33,40)(H,34,43). The monoisotopic (exact) mass is 607 g/mol. The molecule has 0 aliphatic heterocycles. The molecule has 2 aromatic heterocycles. The van der Waals surface area contributed by atoms with E-state index in [1.165, 1.54) is 21.4 Å². The van der Waals surface area contributed by atoms with Crippen LogP contribution in [0.3, 0.4) is 0 Å². The summed E-state index contributed by atoms with van der Waals surface area (Å²) in [4.78, 5) is 25.9. The van der Waals surface area contributed by atoms with Crippen molar-refractivity contribution in [2.45, 2.75) is 19.6 Å². The van der Waals surface area contributed by atoms with Gasteiger partial charge < -0.3 is 20.3 Å². The zero-order valence-corrected chi connectivity index (χ0v) is 23.6. The van der Waals surface area contributed by atoms with Gasteiger partial charge in [-0.15, -0.1) is 10.2 Å². The maximum atomic E-state index is 13.2. The fraction of sp³-hybridized carbons (Fsp3) is 0.138. The normalized spacial score (nSPS) is 11.7. The van der Waals surface area contributed by atoms with Gasteiger partial charge in [0.1, 0.15) is 12.2 Å². The molecule has 5 aromatic rings. The van der Waals surface area contributed by atoms with Crippen LogP contribution >= 0.6 is 12.2 Å². The molecule has 5 rings (SSSR count). The van der Waals surface area contributed by atoms with Gasteiger partial charge in [0.15, 0.2) is 5.69 Å². The highest BCUT2D eigenvalue weighted by Crippen LogP contribution is 2.39. The Balaban J connectivity index is 1.38. The summed E-state index contributed by atoms with van der Waals surface area (Å²) in [7, 11) is 1.73. The SMILES string of the molecule is Cc1c(NC(=S)N=Nc2c(O)n(CC(=O)Nc3cccc(C(F)(F)F)c3)c3ccccc23)c(=O)n(-c2ccccc2)n1C. The molecule has 220 valence electrons. The number of thiocarbonyl (C=S) groups is 1. The summed E-state index contributed by atoms with van der Waals surface area (Å²) in [5, 5.41) is 24.6.